The molecule has 18 heavy (non-hydrogen) atoms. The van der Waals surface area contributed by atoms with Gasteiger partial charge in [-0.2, -0.15) is 0 Å². The quantitative estimate of drug-likeness (QED) is 0.751. The van der Waals surface area contributed by atoms with Crippen molar-refractivity contribution >= 4 is 22.4 Å². The second kappa shape index (κ2) is 5.56. The Kier molecular flexibility index (Phi) is 3.85. The molecule has 2 aromatic heterocycles. The van der Waals surface area contributed by atoms with Crippen molar-refractivity contribution in [3.05, 3.63) is 41.2 Å². The Bertz CT molecular complexity index is 529. The number of rotatable bonds is 5. The minimum Gasteiger partial charge on any atom is -0.480 e. The zero-order valence-electron chi connectivity index (χ0n) is 9.41. The van der Waals surface area contributed by atoms with E-state index in [9.17, 15) is 4.79 Å². The van der Waals surface area contributed by atoms with Gasteiger partial charge in [-0.25, -0.2) is 4.98 Å². The minimum atomic E-state index is -1.08. The molecule has 2 rings (SSSR count). The van der Waals surface area contributed by atoms with E-state index in [-0.39, 0.29) is 0 Å². The smallest absolute Gasteiger partial charge is 0.326 e. The van der Waals surface area contributed by atoms with Crippen LogP contribution in [0.25, 0.3) is 0 Å². The topological polar surface area (TPSA) is 101 Å². The molecule has 0 aliphatic rings. The Balaban J connectivity index is 1.97. The number of anilines is 1. The van der Waals surface area contributed by atoms with Gasteiger partial charge in [0.15, 0.2) is 5.13 Å². The van der Waals surface area contributed by atoms with E-state index in [0.29, 0.717) is 17.4 Å². The van der Waals surface area contributed by atoms with Gasteiger partial charge in [-0.3, -0.25) is 9.78 Å². The normalized spacial score (nSPS) is 12.1. The number of aliphatic carboxylic acids is 1. The van der Waals surface area contributed by atoms with Gasteiger partial charge in [0.25, 0.3) is 0 Å². The van der Waals surface area contributed by atoms with Crippen molar-refractivity contribution in [3.63, 3.8) is 0 Å². The number of nitrogens with zero attached hydrogens (tertiary/aromatic N) is 2. The lowest BCUT2D eigenvalue weighted by Crippen LogP contribution is -2.20. The van der Waals surface area contributed by atoms with Crippen LogP contribution in [0.4, 0.5) is 5.13 Å². The van der Waals surface area contributed by atoms with Crippen LogP contribution in [0.2, 0.25) is 0 Å². The SMILES string of the molecule is NC(C(=O)O)c1csc(NCc2cccnc2)n1. The molecule has 0 spiro atoms. The van der Waals surface area contributed by atoms with Gasteiger partial charge in [-0.05, 0) is 11.6 Å². The van der Waals surface area contributed by atoms with E-state index in [1.165, 1.54) is 11.3 Å². The molecule has 0 saturated heterocycles. The van der Waals surface area contributed by atoms with Crippen LogP contribution in [0, 0.1) is 0 Å². The summed E-state index contributed by atoms with van der Waals surface area (Å²) in [7, 11) is 0. The van der Waals surface area contributed by atoms with Crippen molar-refractivity contribution < 1.29 is 9.90 Å². The van der Waals surface area contributed by atoms with Crippen molar-refractivity contribution in [2.45, 2.75) is 12.6 Å². The lowest BCUT2D eigenvalue weighted by molar-refractivity contribution is -0.138. The maximum Gasteiger partial charge on any atom is 0.326 e. The minimum absolute atomic E-state index is 0.362. The van der Waals surface area contributed by atoms with Gasteiger partial charge in [-0.1, -0.05) is 6.07 Å². The molecular weight excluding hydrogens is 252 g/mol. The first-order valence-corrected chi connectivity index (χ1v) is 6.11. The molecule has 0 aliphatic heterocycles. The van der Waals surface area contributed by atoms with E-state index in [4.69, 9.17) is 10.8 Å². The average Bonchev–Trinajstić information content (AvgIpc) is 2.85. The lowest BCUT2D eigenvalue weighted by Gasteiger charge is -2.02. The van der Waals surface area contributed by atoms with E-state index in [0.717, 1.165) is 5.56 Å². The highest BCUT2D eigenvalue weighted by atomic mass is 32.1. The number of nitrogens with two attached hydrogens (primary N) is 1. The molecule has 6 nitrogen and oxygen atoms in total. The number of hydrogen-bond donors (Lipinski definition) is 3. The number of thiazole rings is 1. The summed E-state index contributed by atoms with van der Waals surface area (Å²) in [6.07, 6.45) is 3.46. The van der Waals surface area contributed by atoms with E-state index in [2.05, 4.69) is 15.3 Å². The molecule has 0 radical (unpaired) electrons. The molecule has 0 saturated carbocycles. The summed E-state index contributed by atoms with van der Waals surface area (Å²) in [5, 5.41) is 14.1. The Morgan fingerprint density at radius 2 is 2.44 bits per heavy atom. The van der Waals surface area contributed by atoms with Gasteiger partial charge in [0.1, 0.15) is 6.04 Å². The van der Waals surface area contributed by atoms with E-state index >= 15 is 0 Å². The lowest BCUT2D eigenvalue weighted by atomic mass is 10.2. The average molecular weight is 264 g/mol. The fourth-order valence-corrected chi connectivity index (χ4v) is 2.06. The van der Waals surface area contributed by atoms with Crippen LogP contribution in [-0.2, 0) is 11.3 Å². The van der Waals surface area contributed by atoms with Crippen molar-refractivity contribution in [3.8, 4) is 0 Å². The Labute approximate surface area is 108 Å². The molecule has 1 atom stereocenters. The number of carboxylic acid groups (broad SMARTS) is 1. The predicted molar refractivity (Wildman–Crippen MR) is 68.2 cm³/mol. The number of carboxylic acids is 1. The number of carbonyl (C=O) groups is 1. The fourth-order valence-electron chi connectivity index (χ4n) is 1.32. The molecule has 0 aromatic carbocycles. The molecule has 0 amide bonds. The molecular formula is C11H12N4O2S. The molecule has 7 heteroatoms. The number of aromatic nitrogens is 2. The zero-order valence-corrected chi connectivity index (χ0v) is 10.2. The molecule has 94 valence electrons. The molecule has 0 bridgehead atoms. The van der Waals surface area contributed by atoms with Crippen LogP contribution in [-0.4, -0.2) is 21.0 Å². The maximum atomic E-state index is 10.7. The summed E-state index contributed by atoms with van der Waals surface area (Å²) in [6, 6.07) is 2.72. The molecule has 4 N–H and O–H groups in total. The van der Waals surface area contributed by atoms with Crippen LogP contribution in [0.5, 0.6) is 0 Å². The molecule has 1 unspecified atom stereocenters. The van der Waals surface area contributed by atoms with Crippen molar-refractivity contribution in [1.82, 2.24) is 9.97 Å². The van der Waals surface area contributed by atoms with Crippen molar-refractivity contribution in [2.75, 3.05) is 5.32 Å². The standard InChI is InChI=1S/C11H12N4O2S/c12-9(10(16)17)8-6-18-11(15-8)14-5-7-2-1-3-13-4-7/h1-4,6,9H,5,12H2,(H,14,15)(H,16,17). The molecule has 0 fully saturated rings. The van der Waals surface area contributed by atoms with Gasteiger partial charge >= 0.3 is 5.97 Å². The van der Waals surface area contributed by atoms with E-state index < -0.39 is 12.0 Å². The Morgan fingerprint density at radius 3 is 3.11 bits per heavy atom. The molecule has 2 aromatic rings. The third-order valence-electron chi connectivity index (χ3n) is 2.27. The fraction of sp³-hybridized carbons (Fsp3) is 0.182. The summed E-state index contributed by atoms with van der Waals surface area (Å²) in [5.41, 5.74) is 6.85. The van der Waals surface area contributed by atoms with Gasteiger partial charge in [0.2, 0.25) is 0 Å². The van der Waals surface area contributed by atoms with Gasteiger partial charge in [0.05, 0.1) is 5.69 Å². The summed E-state index contributed by atoms with van der Waals surface area (Å²) < 4.78 is 0. The molecule has 2 heterocycles. The second-order valence-electron chi connectivity index (χ2n) is 3.61. The van der Waals surface area contributed by atoms with Crippen LogP contribution < -0.4 is 11.1 Å². The van der Waals surface area contributed by atoms with Crippen LogP contribution in [0.1, 0.15) is 17.3 Å². The Morgan fingerprint density at radius 1 is 1.61 bits per heavy atom. The van der Waals surface area contributed by atoms with Gasteiger partial charge < -0.3 is 16.2 Å². The van der Waals surface area contributed by atoms with Gasteiger partial charge in [0, 0.05) is 24.3 Å². The zero-order chi connectivity index (χ0) is 13.0. The molecule has 0 aliphatic carbocycles. The van der Waals surface area contributed by atoms with Crippen LogP contribution in [0.15, 0.2) is 29.9 Å². The predicted octanol–water partition coefficient (Wildman–Crippen LogP) is 1.23. The third kappa shape index (κ3) is 3.02. The highest BCUT2D eigenvalue weighted by Gasteiger charge is 2.17. The second-order valence-corrected chi connectivity index (χ2v) is 4.47. The highest BCUT2D eigenvalue weighted by Crippen LogP contribution is 2.20. The first-order valence-electron chi connectivity index (χ1n) is 5.23. The summed E-state index contributed by atoms with van der Waals surface area (Å²) >= 11 is 1.33. The van der Waals surface area contributed by atoms with E-state index in [1.54, 1.807) is 17.8 Å². The number of nitrogens with one attached hydrogen (secondary N) is 1. The van der Waals surface area contributed by atoms with Crippen LogP contribution >= 0.6 is 11.3 Å². The number of pyridine rings is 1. The Hall–Kier alpha value is -1.99. The first-order chi connectivity index (χ1) is 8.66. The first kappa shape index (κ1) is 12.5. The largest absolute Gasteiger partial charge is 0.480 e. The van der Waals surface area contributed by atoms with Gasteiger partial charge in [-0.15, -0.1) is 11.3 Å². The summed E-state index contributed by atoms with van der Waals surface area (Å²) in [5.74, 6) is -1.08. The summed E-state index contributed by atoms with van der Waals surface area (Å²) in [4.78, 5) is 18.8. The van der Waals surface area contributed by atoms with E-state index in [1.807, 2.05) is 12.1 Å². The third-order valence-corrected chi connectivity index (χ3v) is 3.09. The van der Waals surface area contributed by atoms with Crippen molar-refractivity contribution in [2.24, 2.45) is 5.73 Å². The highest BCUT2D eigenvalue weighted by molar-refractivity contribution is 7.13. The van der Waals surface area contributed by atoms with Crippen molar-refractivity contribution in [1.29, 1.82) is 0 Å². The maximum absolute atomic E-state index is 10.7. The summed E-state index contributed by atoms with van der Waals surface area (Å²) in [6.45, 7) is 0.586. The monoisotopic (exact) mass is 264 g/mol. The number of hydrogen-bond acceptors (Lipinski definition) is 6. The van der Waals surface area contributed by atoms with Crippen LogP contribution in [0.3, 0.4) is 0 Å².